The number of benzene rings is 2. The summed E-state index contributed by atoms with van der Waals surface area (Å²) in [6.07, 6.45) is 4.17. The predicted octanol–water partition coefficient (Wildman–Crippen LogP) is 4.11. The van der Waals surface area contributed by atoms with Gasteiger partial charge in [0, 0.05) is 23.1 Å². The lowest BCUT2D eigenvalue weighted by atomic mass is 10.2. The molecule has 0 saturated carbocycles. The van der Waals surface area contributed by atoms with E-state index in [1.807, 2.05) is 6.07 Å². The van der Waals surface area contributed by atoms with Gasteiger partial charge >= 0.3 is 5.97 Å². The van der Waals surface area contributed by atoms with E-state index in [9.17, 15) is 14.0 Å². The smallest absolute Gasteiger partial charge is 0.358 e. The van der Waals surface area contributed by atoms with E-state index in [4.69, 9.17) is 4.74 Å². The van der Waals surface area contributed by atoms with Crippen LogP contribution in [0, 0.1) is 5.82 Å². The van der Waals surface area contributed by atoms with Gasteiger partial charge in [0.15, 0.2) is 11.4 Å². The van der Waals surface area contributed by atoms with Gasteiger partial charge in [0.1, 0.15) is 5.82 Å². The summed E-state index contributed by atoms with van der Waals surface area (Å²) in [5, 5.41) is 11.7. The van der Waals surface area contributed by atoms with Gasteiger partial charge in [-0.2, -0.15) is 10.2 Å². The molecule has 1 aliphatic rings. The first-order chi connectivity index (χ1) is 16.5. The van der Waals surface area contributed by atoms with Crippen LogP contribution in [0.1, 0.15) is 45.6 Å². The van der Waals surface area contributed by atoms with E-state index in [-0.39, 0.29) is 24.0 Å². The second-order valence-electron chi connectivity index (χ2n) is 7.89. The number of hydrogen-bond donors (Lipinski definition) is 1. The Bertz CT molecular complexity index is 1370. The van der Waals surface area contributed by atoms with E-state index >= 15 is 0 Å². The van der Waals surface area contributed by atoms with Gasteiger partial charge in [-0.25, -0.2) is 18.5 Å². The van der Waals surface area contributed by atoms with E-state index in [1.54, 1.807) is 58.9 Å². The van der Waals surface area contributed by atoms with Crippen molar-refractivity contribution in [1.82, 2.24) is 19.6 Å². The van der Waals surface area contributed by atoms with Crippen molar-refractivity contribution in [2.75, 3.05) is 11.9 Å². The number of nitrogens with one attached hydrogen (secondary N) is 1. The molecule has 0 saturated heterocycles. The molecule has 2 aromatic heterocycles. The molecule has 0 fully saturated rings. The van der Waals surface area contributed by atoms with E-state index in [1.165, 1.54) is 12.1 Å². The largest absolute Gasteiger partial charge is 0.461 e. The number of amides is 1. The fourth-order valence-electron chi connectivity index (χ4n) is 4.11. The van der Waals surface area contributed by atoms with Crippen LogP contribution in [0.3, 0.4) is 0 Å². The highest BCUT2D eigenvalue weighted by atomic mass is 19.1. The minimum absolute atomic E-state index is 0.207. The number of fused-ring (bicyclic) bond motifs is 1. The fraction of sp³-hybridized carbons (Fsp3) is 0.200. The summed E-state index contributed by atoms with van der Waals surface area (Å²) in [6, 6.07) is 14.8. The monoisotopic (exact) mass is 459 g/mol. The number of halogens is 1. The molecule has 4 aromatic rings. The zero-order valence-corrected chi connectivity index (χ0v) is 18.5. The molecular weight excluding hydrogens is 437 g/mol. The van der Waals surface area contributed by atoms with Gasteiger partial charge in [-0.15, -0.1) is 0 Å². The third-order valence-corrected chi connectivity index (χ3v) is 5.66. The van der Waals surface area contributed by atoms with E-state index in [0.29, 0.717) is 17.1 Å². The van der Waals surface area contributed by atoms with Gasteiger partial charge < -0.3 is 10.1 Å². The van der Waals surface area contributed by atoms with Crippen LogP contribution in [0.25, 0.3) is 11.4 Å². The Morgan fingerprint density at radius 3 is 2.68 bits per heavy atom. The number of nitrogens with zero attached hydrogens (tertiary/aromatic N) is 4. The maximum absolute atomic E-state index is 13.4. The van der Waals surface area contributed by atoms with Crippen LogP contribution in [0.4, 0.5) is 10.1 Å². The molecule has 2 heterocycles. The van der Waals surface area contributed by atoms with E-state index in [2.05, 4.69) is 15.5 Å². The van der Waals surface area contributed by atoms with Crippen molar-refractivity contribution in [3.05, 3.63) is 89.3 Å². The molecule has 172 valence electrons. The van der Waals surface area contributed by atoms with Crippen molar-refractivity contribution in [1.29, 1.82) is 0 Å². The average molecular weight is 459 g/mol. The van der Waals surface area contributed by atoms with E-state index in [0.717, 1.165) is 36.2 Å². The molecule has 0 spiro atoms. The summed E-state index contributed by atoms with van der Waals surface area (Å²) in [7, 11) is 0. The maximum atomic E-state index is 13.4. The standard InChI is InChI=1S/C25H22FN5O3/c1-2-34-25(33)21-13-14-30(28-21)19-6-3-5-17(15-19)27-24(32)23-20-7-4-8-22(20)31(29-23)18-11-9-16(26)10-12-18/h3,5-6,9-15H,2,4,7-8H2,1H3,(H,27,32). The quantitative estimate of drug-likeness (QED) is 0.438. The van der Waals surface area contributed by atoms with Gasteiger partial charge in [0.05, 0.1) is 18.0 Å². The molecule has 1 aliphatic carbocycles. The molecule has 0 unspecified atom stereocenters. The first-order valence-electron chi connectivity index (χ1n) is 11.0. The molecule has 0 bridgehead atoms. The van der Waals surface area contributed by atoms with Crippen LogP contribution in [0.15, 0.2) is 60.8 Å². The first-order valence-corrected chi connectivity index (χ1v) is 11.0. The van der Waals surface area contributed by atoms with Crippen molar-refractivity contribution in [3.63, 3.8) is 0 Å². The molecular formula is C25H22FN5O3. The van der Waals surface area contributed by atoms with Crippen LogP contribution < -0.4 is 5.32 Å². The highest BCUT2D eigenvalue weighted by Crippen LogP contribution is 2.28. The Balaban J connectivity index is 1.39. The highest BCUT2D eigenvalue weighted by molar-refractivity contribution is 6.04. The van der Waals surface area contributed by atoms with Crippen molar-refractivity contribution >= 4 is 17.6 Å². The molecule has 5 rings (SSSR count). The minimum Gasteiger partial charge on any atom is -0.461 e. The van der Waals surface area contributed by atoms with Crippen LogP contribution in [0.5, 0.6) is 0 Å². The molecule has 2 aromatic carbocycles. The zero-order chi connectivity index (χ0) is 23.7. The molecule has 9 heteroatoms. The van der Waals surface area contributed by atoms with Gasteiger partial charge in [-0.1, -0.05) is 6.07 Å². The summed E-state index contributed by atoms with van der Waals surface area (Å²) in [5.41, 5.74) is 4.44. The Hall–Kier alpha value is -4.27. The SMILES string of the molecule is CCOC(=O)c1ccn(-c2cccc(NC(=O)c3nn(-c4ccc(F)cc4)c4c3CCC4)c2)n1. The maximum Gasteiger partial charge on any atom is 0.358 e. The molecule has 8 nitrogen and oxygen atoms in total. The normalized spacial score (nSPS) is 12.4. The van der Waals surface area contributed by atoms with Gasteiger partial charge in [-0.05, 0) is 74.7 Å². The van der Waals surface area contributed by atoms with Gasteiger partial charge in [-0.3, -0.25) is 4.79 Å². The van der Waals surface area contributed by atoms with Crippen molar-refractivity contribution in [2.24, 2.45) is 0 Å². The number of aromatic nitrogens is 4. The molecule has 0 aliphatic heterocycles. The van der Waals surface area contributed by atoms with Crippen LogP contribution in [0.2, 0.25) is 0 Å². The summed E-state index contributed by atoms with van der Waals surface area (Å²) < 4.78 is 21.6. The van der Waals surface area contributed by atoms with Crippen LogP contribution >= 0.6 is 0 Å². The summed E-state index contributed by atoms with van der Waals surface area (Å²) >= 11 is 0. The Morgan fingerprint density at radius 1 is 1.06 bits per heavy atom. The molecule has 34 heavy (non-hydrogen) atoms. The second kappa shape index (κ2) is 8.93. The van der Waals surface area contributed by atoms with Gasteiger partial charge in [0.25, 0.3) is 5.91 Å². The number of ether oxygens (including phenoxy) is 1. The predicted molar refractivity (Wildman–Crippen MR) is 123 cm³/mol. The van der Waals surface area contributed by atoms with Crippen molar-refractivity contribution in [3.8, 4) is 11.4 Å². The van der Waals surface area contributed by atoms with Crippen molar-refractivity contribution in [2.45, 2.75) is 26.2 Å². The first kappa shape index (κ1) is 21.6. The van der Waals surface area contributed by atoms with E-state index < -0.39 is 5.97 Å². The fourth-order valence-corrected chi connectivity index (χ4v) is 4.11. The van der Waals surface area contributed by atoms with Crippen LogP contribution in [-0.2, 0) is 17.6 Å². The average Bonchev–Trinajstić information content (AvgIpc) is 3.57. The third kappa shape index (κ3) is 4.07. The number of hydrogen-bond acceptors (Lipinski definition) is 5. The van der Waals surface area contributed by atoms with Crippen molar-refractivity contribution < 1.29 is 18.7 Å². The number of carbonyl (C=O) groups excluding carboxylic acids is 2. The molecule has 0 atom stereocenters. The lowest BCUT2D eigenvalue weighted by molar-refractivity contribution is 0.0519. The lowest BCUT2D eigenvalue weighted by Crippen LogP contribution is -2.15. The zero-order valence-electron chi connectivity index (χ0n) is 18.5. The summed E-state index contributed by atoms with van der Waals surface area (Å²) in [4.78, 5) is 25.0. The highest BCUT2D eigenvalue weighted by Gasteiger charge is 2.27. The third-order valence-electron chi connectivity index (χ3n) is 5.66. The van der Waals surface area contributed by atoms with Gasteiger partial charge in [0.2, 0.25) is 0 Å². The number of rotatable bonds is 6. The number of carbonyl (C=O) groups is 2. The molecule has 1 amide bonds. The summed E-state index contributed by atoms with van der Waals surface area (Å²) in [6.45, 7) is 2.01. The topological polar surface area (TPSA) is 91.0 Å². The number of anilines is 1. The minimum atomic E-state index is -0.490. The second-order valence-corrected chi connectivity index (χ2v) is 7.89. The van der Waals surface area contributed by atoms with Crippen LogP contribution in [-0.4, -0.2) is 38.0 Å². The lowest BCUT2D eigenvalue weighted by Gasteiger charge is -2.08. The summed E-state index contributed by atoms with van der Waals surface area (Å²) in [5.74, 6) is -1.13. The number of esters is 1. The molecule has 0 radical (unpaired) electrons. The molecule has 1 N–H and O–H groups in total. The Morgan fingerprint density at radius 2 is 1.88 bits per heavy atom. The Kier molecular flexibility index (Phi) is 5.67. The Labute approximate surface area is 195 Å².